The molecule has 2 rings (SSSR count). The molecule has 4 heteroatoms. The molecule has 1 saturated carbocycles. The van der Waals surface area contributed by atoms with Crippen LogP contribution in [0.2, 0.25) is 0 Å². The Hall–Kier alpha value is -1.39. The van der Waals surface area contributed by atoms with E-state index in [0.717, 1.165) is 31.2 Å². The monoisotopic (exact) mass is 305 g/mol. The van der Waals surface area contributed by atoms with Crippen molar-refractivity contribution in [2.24, 2.45) is 5.92 Å². The van der Waals surface area contributed by atoms with E-state index in [-0.39, 0.29) is 23.5 Å². The first kappa shape index (κ1) is 17.0. The van der Waals surface area contributed by atoms with Crippen molar-refractivity contribution in [3.05, 3.63) is 35.9 Å². The molecule has 0 radical (unpaired) electrons. The molecule has 22 heavy (non-hydrogen) atoms. The van der Waals surface area contributed by atoms with E-state index in [1.807, 2.05) is 44.2 Å². The second-order valence-electron chi connectivity index (χ2n) is 6.86. The van der Waals surface area contributed by atoms with Gasteiger partial charge in [-0.15, -0.1) is 0 Å². The molecule has 2 N–H and O–H groups in total. The summed E-state index contributed by atoms with van der Waals surface area (Å²) in [7, 11) is 0. The van der Waals surface area contributed by atoms with Crippen LogP contribution in [0.3, 0.4) is 0 Å². The third kappa shape index (κ3) is 5.43. The summed E-state index contributed by atoms with van der Waals surface area (Å²) >= 11 is 0. The van der Waals surface area contributed by atoms with E-state index in [4.69, 9.17) is 4.74 Å². The highest BCUT2D eigenvalue weighted by Gasteiger charge is 2.29. The van der Waals surface area contributed by atoms with Gasteiger partial charge in [0.25, 0.3) is 0 Å². The quantitative estimate of drug-likeness (QED) is 0.849. The van der Waals surface area contributed by atoms with Crippen LogP contribution in [0, 0.1) is 5.92 Å². The molecule has 1 fully saturated rings. The van der Waals surface area contributed by atoms with Gasteiger partial charge in [-0.3, -0.25) is 4.79 Å². The van der Waals surface area contributed by atoms with Crippen molar-refractivity contribution in [2.75, 3.05) is 6.61 Å². The fraction of sp³-hybridized carbons (Fsp3) is 0.611. The second-order valence-corrected chi connectivity index (χ2v) is 6.86. The van der Waals surface area contributed by atoms with E-state index in [9.17, 15) is 9.90 Å². The molecular formula is C18H27NO3. The number of carbonyl (C=O) groups excluding carboxylic acids is 1. The number of aliphatic hydroxyl groups is 1. The lowest BCUT2D eigenvalue weighted by Gasteiger charge is -2.31. The van der Waals surface area contributed by atoms with Gasteiger partial charge < -0.3 is 15.2 Å². The molecule has 1 aliphatic carbocycles. The van der Waals surface area contributed by atoms with Crippen LogP contribution >= 0.6 is 0 Å². The first-order valence-electron chi connectivity index (χ1n) is 8.08. The number of amides is 1. The minimum Gasteiger partial charge on any atom is -0.393 e. The molecule has 0 atom stereocenters. The molecule has 1 aromatic rings. The minimum atomic E-state index is -0.387. The van der Waals surface area contributed by atoms with Crippen molar-refractivity contribution in [1.82, 2.24) is 5.32 Å². The summed E-state index contributed by atoms with van der Waals surface area (Å²) in [6.07, 6.45) is 2.76. The molecule has 1 aliphatic rings. The smallest absolute Gasteiger partial charge is 0.223 e. The molecule has 1 amide bonds. The molecule has 1 aromatic carbocycles. The fourth-order valence-electron chi connectivity index (χ4n) is 2.81. The van der Waals surface area contributed by atoms with Gasteiger partial charge in [-0.05, 0) is 45.1 Å². The number of ether oxygens (including phenoxy) is 1. The molecule has 0 aliphatic heterocycles. The van der Waals surface area contributed by atoms with Gasteiger partial charge in [0.05, 0.1) is 24.9 Å². The van der Waals surface area contributed by atoms with E-state index in [1.54, 1.807) is 0 Å². The van der Waals surface area contributed by atoms with Gasteiger partial charge in [-0.25, -0.2) is 0 Å². The van der Waals surface area contributed by atoms with Crippen LogP contribution in [0.15, 0.2) is 30.3 Å². The van der Waals surface area contributed by atoms with Crippen LogP contribution in [0.1, 0.15) is 45.1 Å². The van der Waals surface area contributed by atoms with Gasteiger partial charge in [-0.1, -0.05) is 30.3 Å². The fourth-order valence-corrected chi connectivity index (χ4v) is 2.81. The van der Waals surface area contributed by atoms with E-state index >= 15 is 0 Å². The van der Waals surface area contributed by atoms with Crippen LogP contribution in [-0.2, 0) is 16.1 Å². The van der Waals surface area contributed by atoms with E-state index in [0.29, 0.717) is 13.2 Å². The molecule has 4 nitrogen and oxygen atoms in total. The summed E-state index contributed by atoms with van der Waals surface area (Å²) in [4.78, 5) is 12.3. The maximum atomic E-state index is 12.3. The summed E-state index contributed by atoms with van der Waals surface area (Å²) in [6.45, 7) is 4.99. The lowest BCUT2D eigenvalue weighted by molar-refractivity contribution is -0.129. The highest BCUT2D eigenvalue weighted by Crippen LogP contribution is 2.25. The minimum absolute atomic E-state index is 0.0248. The topological polar surface area (TPSA) is 58.6 Å². The SMILES string of the molecule is CC(C)(COCc1ccccc1)NC(=O)C1CCC(O)CC1. The normalized spacial score (nSPS) is 22.3. The predicted molar refractivity (Wildman–Crippen MR) is 86.3 cm³/mol. The molecule has 122 valence electrons. The number of benzene rings is 1. The van der Waals surface area contributed by atoms with Crippen molar-refractivity contribution < 1.29 is 14.6 Å². The van der Waals surface area contributed by atoms with E-state index in [1.165, 1.54) is 0 Å². The lowest BCUT2D eigenvalue weighted by Crippen LogP contribution is -2.49. The Morgan fingerprint density at radius 1 is 1.23 bits per heavy atom. The van der Waals surface area contributed by atoms with Crippen molar-refractivity contribution in [1.29, 1.82) is 0 Å². The number of hydrogen-bond donors (Lipinski definition) is 2. The van der Waals surface area contributed by atoms with Crippen LogP contribution in [0.25, 0.3) is 0 Å². The summed E-state index contributed by atoms with van der Waals surface area (Å²) < 4.78 is 5.74. The summed E-state index contributed by atoms with van der Waals surface area (Å²) in [5.41, 5.74) is 0.743. The average molecular weight is 305 g/mol. The summed E-state index contributed by atoms with van der Waals surface area (Å²) in [5, 5.41) is 12.6. The van der Waals surface area contributed by atoms with Crippen molar-refractivity contribution >= 4 is 5.91 Å². The molecule has 0 bridgehead atoms. The van der Waals surface area contributed by atoms with Gasteiger partial charge in [-0.2, -0.15) is 0 Å². The Bertz CT molecular complexity index is 464. The van der Waals surface area contributed by atoms with E-state index < -0.39 is 0 Å². The Labute approximate surface area is 132 Å². The van der Waals surface area contributed by atoms with Gasteiger partial charge >= 0.3 is 0 Å². The zero-order valence-corrected chi connectivity index (χ0v) is 13.5. The number of rotatable bonds is 6. The molecule has 0 heterocycles. The van der Waals surface area contributed by atoms with Crippen molar-refractivity contribution in [3.63, 3.8) is 0 Å². The molecular weight excluding hydrogens is 278 g/mol. The first-order chi connectivity index (χ1) is 10.5. The molecule has 0 unspecified atom stereocenters. The Kier molecular flexibility index (Phi) is 5.98. The maximum Gasteiger partial charge on any atom is 0.223 e. The van der Waals surface area contributed by atoms with Crippen LogP contribution in [0.4, 0.5) is 0 Å². The summed E-state index contributed by atoms with van der Waals surface area (Å²) in [5.74, 6) is 0.108. The van der Waals surface area contributed by atoms with Crippen LogP contribution in [-0.4, -0.2) is 29.3 Å². The summed E-state index contributed by atoms with van der Waals surface area (Å²) in [6, 6.07) is 10.0. The number of hydrogen-bond acceptors (Lipinski definition) is 3. The largest absolute Gasteiger partial charge is 0.393 e. The Morgan fingerprint density at radius 3 is 2.50 bits per heavy atom. The number of carbonyl (C=O) groups is 1. The average Bonchev–Trinajstić information content (AvgIpc) is 2.48. The number of aliphatic hydroxyl groups excluding tert-OH is 1. The lowest BCUT2D eigenvalue weighted by atomic mass is 9.86. The highest BCUT2D eigenvalue weighted by molar-refractivity contribution is 5.79. The predicted octanol–water partition coefficient (Wildman–Crippen LogP) is 2.65. The van der Waals surface area contributed by atoms with Gasteiger partial charge in [0.15, 0.2) is 0 Å². The Balaban J connectivity index is 1.74. The third-order valence-corrected chi connectivity index (χ3v) is 4.10. The second kappa shape index (κ2) is 7.75. The van der Waals surface area contributed by atoms with Gasteiger partial charge in [0.2, 0.25) is 5.91 Å². The maximum absolute atomic E-state index is 12.3. The third-order valence-electron chi connectivity index (χ3n) is 4.10. The van der Waals surface area contributed by atoms with Gasteiger partial charge in [0.1, 0.15) is 0 Å². The highest BCUT2D eigenvalue weighted by atomic mass is 16.5. The molecule has 0 saturated heterocycles. The van der Waals surface area contributed by atoms with Crippen molar-refractivity contribution in [2.45, 2.75) is 57.8 Å². The number of nitrogens with one attached hydrogen (secondary N) is 1. The Morgan fingerprint density at radius 2 is 1.86 bits per heavy atom. The van der Waals surface area contributed by atoms with E-state index in [2.05, 4.69) is 5.32 Å². The van der Waals surface area contributed by atoms with Crippen molar-refractivity contribution in [3.8, 4) is 0 Å². The van der Waals surface area contributed by atoms with Gasteiger partial charge in [0, 0.05) is 5.92 Å². The van der Waals surface area contributed by atoms with Crippen LogP contribution < -0.4 is 5.32 Å². The molecule has 0 aromatic heterocycles. The standard InChI is InChI=1S/C18H27NO3/c1-18(2,13-22-12-14-6-4-3-5-7-14)19-17(21)15-8-10-16(20)11-9-15/h3-7,15-16,20H,8-13H2,1-2H3,(H,19,21). The molecule has 0 spiro atoms. The van der Waals surface area contributed by atoms with Crippen LogP contribution in [0.5, 0.6) is 0 Å². The first-order valence-corrected chi connectivity index (χ1v) is 8.08. The zero-order chi connectivity index (χ0) is 16.0. The zero-order valence-electron chi connectivity index (χ0n) is 13.5.